The van der Waals surface area contributed by atoms with Gasteiger partial charge in [0.05, 0.1) is 16.7 Å². The highest BCUT2D eigenvalue weighted by Gasteiger charge is 2.36. The molecule has 0 saturated heterocycles. The second-order valence-corrected chi connectivity index (χ2v) is 16.1. The minimum atomic E-state index is -0.143. The normalized spacial score (nSPS) is 13.1. The predicted octanol–water partition coefficient (Wildman–Crippen LogP) is 15.3. The fourth-order valence-corrected chi connectivity index (χ4v) is 9.84. The van der Waals surface area contributed by atoms with Crippen LogP contribution in [0.25, 0.3) is 82.5 Å². The van der Waals surface area contributed by atoms with Crippen molar-refractivity contribution in [3.63, 3.8) is 0 Å². The van der Waals surface area contributed by atoms with Gasteiger partial charge in [-0.3, -0.25) is 0 Å². The van der Waals surface area contributed by atoms with Crippen LogP contribution in [0.2, 0.25) is 0 Å². The molecule has 2 heterocycles. The Bertz CT molecular complexity index is 3380. The molecule has 274 valence electrons. The van der Waals surface area contributed by atoms with E-state index < -0.39 is 0 Å². The highest BCUT2D eigenvalue weighted by atomic mass is 16.3. The van der Waals surface area contributed by atoms with Crippen LogP contribution in [-0.2, 0) is 5.41 Å². The number of benzene rings is 9. The minimum Gasteiger partial charge on any atom is -0.455 e. The van der Waals surface area contributed by atoms with E-state index in [2.05, 4.69) is 217 Å². The first kappa shape index (κ1) is 32.8. The van der Waals surface area contributed by atoms with Gasteiger partial charge in [0.25, 0.3) is 0 Å². The first-order chi connectivity index (χ1) is 28.5. The van der Waals surface area contributed by atoms with Crippen molar-refractivity contribution in [2.75, 3.05) is 4.90 Å². The van der Waals surface area contributed by atoms with Gasteiger partial charge in [-0.15, -0.1) is 0 Å². The molecule has 0 spiro atoms. The van der Waals surface area contributed by atoms with Crippen LogP contribution in [0, 0.1) is 0 Å². The molecule has 0 fully saturated rings. The molecule has 0 radical (unpaired) electrons. The molecular formula is C55H38N2O. The zero-order valence-corrected chi connectivity index (χ0v) is 32.3. The van der Waals surface area contributed by atoms with Gasteiger partial charge in [-0.25, -0.2) is 0 Å². The molecule has 0 unspecified atom stereocenters. The molecule has 3 heteroatoms. The van der Waals surface area contributed by atoms with Crippen molar-refractivity contribution >= 4 is 71.6 Å². The Labute approximate surface area is 336 Å². The van der Waals surface area contributed by atoms with Crippen LogP contribution in [0.15, 0.2) is 199 Å². The first-order valence-corrected chi connectivity index (χ1v) is 20.1. The molecule has 12 rings (SSSR count). The van der Waals surface area contributed by atoms with Gasteiger partial charge in [-0.1, -0.05) is 147 Å². The summed E-state index contributed by atoms with van der Waals surface area (Å²) in [4.78, 5) is 2.43. The summed E-state index contributed by atoms with van der Waals surface area (Å²) >= 11 is 0. The van der Waals surface area contributed by atoms with Gasteiger partial charge in [-0.2, -0.15) is 0 Å². The Morgan fingerprint density at radius 3 is 1.79 bits per heavy atom. The Morgan fingerprint density at radius 2 is 1.00 bits per heavy atom. The molecule has 9 aromatic carbocycles. The maximum Gasteiger partial charge on any atom is 0.143 e. The van der Waals surface area contributed by atoms with E-state index in [9.17, 15) is 0 Å². The van der Waals surface area contributed by atoms with Crippen molar-refractivity contribution in [1.29, 1.82) is 0 Å². The van der Waals surface area contributed by atoms with E-state index in [1.54, 1.807) is 0 Å². The van der Waals surface area contributed by atoms with Gasteiger partial charge in [0.2, 0.25) is 0 Å². The monoisotopic (exact) mass is 742 g/mol. The average Bonchev–Trinajstić information content (AvgIpc) is 3.90. The van der Waals surface area contributed by atoms with Gasteiger partial charge in [0, 0.05) is 60.5 Å². The number of hydrogen-bond donors (Lipinski definition) is 0. The Balaban J connectivity index is 1.08. The van der Waals surface area contributed by atoms with E-state index in [0.29, 0.717) is 0 Å². The molecule has 0 saturated carbocycles. The third-order valence-electron chi connectivity index (χ3n) is 12.6. The third kappa shape index (κ3) is 4.68. The number of aromatic nitrogens is 1. The van der Waals surface area contributed by atoms with Crippen LogP contribution in [0.5, 0.6) is 0 Å². The fourth-order valence-electron chi connectivity index (χ4n) is 9.84. The van der Waals surface area contributed by atoms with Gasteiger partial charge in [0.15, 0.2) is 0 Å². The van der Waals surface area contributed by atoms with E-state index in [0.717, 1.165) is 61.2 Å². The summed E-state index contributed by atoms with van der Waals surface area (Å²) in [6, 6.07) is 70.6. The first-order valence-electron chi connectivity index (χ1n) is 20.1. The number of fused-ring (bicyclic) bond motifs is 11. The summed E-state index contributed by atoms with van der Waals surface area (Å²) in [5, 5.41) is 7.06. The number of nitrogens with zero attached hydrogens (tertiary/aromatic N) is 2. The molecular weight excluding hydrogens is 705 g/mol. The molecule has 3 nitrogen and oxygen atoms in total. The lowest BCUT2D eigenvalue weighted by molar-refractivity contribution is 0.660. The molecule has 2 aromatic heterocycles. The van der Waals surface area contributed by atoms with Gasteiger partial charge in [0.1, 0.15) is 11.2 Å². The van der Waals surface area contributed by atoms with Crippen molar-refractivity contribution in [2.45, 2.75) is 19.3 Å². The Morgan fingerprint density at radius 1 is 0.414 bits per heavy atom. The summed E-state index contributed by atoms with van der Waals surface area (Å²) in [5.74, 6) is 0. The van der Waals surface area contributed by atoms with Gasteiger partial charge >= 0.3 is 0 Å². The van der Waals surface area contributed by atoms with E-state index >= 15 is 0 Å². The van der Waals surface area contributed by atoms with Crippen molar-refractivity contribution < 1.29 is 4.42 Å². The summed E-state index contributed by atoms with van der Waals surface area (Å²) in [7, 11) is 0. The standard InChI is InChI=1S/C55H38N2O/c1-55(2)48-22-9-5-16-40(48)41-33-31-38(34-49(41)55)56(36-27-29-37(30-28-36)57-51-24-11-6-17-42(51)43-18-7-12-25-52(43)57)50-23-10-8-19-44(50)45-20-13-21-46-47-32-26-35-14-3-4-15-39(35)53(47)58-54(45)46/h3-34H,1-2H3. The maximum atomic E-state index is 6.93. The lowest BCUT2D eigenvalue weighted by Crippen LogP contribution is -2.17. The summed E-state index contributed by atoms with van der Waals surface area (Å²) in [6.45, 7) is 4.71. The molecule has 1 aliphatic rings. The summed E-state index contributed by atoms with van der Waals surface area (Å²) in [5.41, 5.74) is 16.0. The zero-order valence-electron chi connectivity index (χ0n) is 32.3. The summed E-state index contributed by atoms with van der Waals surface area (Å²) in [6.07, 6.45) is 0. The quantitative estimate of drug-likeness (QED) is 0.175. The summed E-state index contributed by atoms with van der Waals surface area (Å²) < 4.78 is 9.31. The van der Waals surface area contributed by atoms with E-state index in [4.69, 9.17) is 4.42 Å². The Kier molecular flexibility index (Phi) is 6.98. The van der Waals surface area contributed by atoms with Crippen LogP contribution < -0.4 is 4.90 Å². The van der Waals surface area contributed by atoms with Gasteiger partial charge < -0.3 is 13.9 Å². The maximum absolute atomic E-state index is 6.93. The van der Waals surface area contributed by atoms with Crippen LogP contribution >= 0.6 is 0 Å². The van der Waals surface area contributed by atoms with Crippen LogP contribution in [0.3, 0.4) is 0 Å². The smallest absolute Gasteiger partial charge is 0.143 e. The number of hydrogen-bond acceptors (Lipinski definition) is 2. The van der Waals surface area contributed by atoms with Crippen molar-refractivity contribution in [3.8, 4) is 27.9 Å². The van der Waals surface area contributed by atoms with Crippen molar-refractivity contribution in [3.05, 3.63) is 205 Å². The number of para-hydroxylation sites is 4. The van der Waals surface area contributed by atoms with Crippen LogP contribution in [0.1, 0.15) is 25.0 Å². The van der Waals surface area contributed by atoms with E-state index in [1.807, 2.05) is 0 Å². The topological polar surface area (TPSA) is 21.3 Å². The largest absolute Gasteiger partial charge is 0.455 e. The lowest BCUT2D eigenvalue weighted by Gasteiger charge is -2.30. The molecule has 58 heavy (non-hydrogen) atoms. The Hall–Kier alpha value is -7.36. The molecule has 0 bridgehead atoms. The van der Waals surface area contributed by atoms with Crippen molar-refractivity contribution in [1.82, 2.24) is 4.57 Å². The van der Waals surface area contributed by atoms with E-state index in [-0.39, 0.29) is 5.41 Å². The highest BCUT2D eigenvalue weighted by molar-refractivity contribution is 6.18. The third-order valence-corrected chi connectivity index (χ3v) is 12.6. The molecule has 0 aliphatic heterocycles. The molecule has 11 aromatic rings. The molecule has 0 atom stereocenters. The van der Waals surface area contributed by atoms with Gasteiger partial charge in [-0.05, 0) is 88.3 Å². The van der Waals surface area contributed by atoms with Crippen molar-refractivity contribution in [2.24, 2.45) is 0 Å². The second kappa shape index (κ2) is 12.3. The number of anilines is 3. The fraction of sp³-hybridized carbons (Fsp3) is 0.0545. The van der Waals surface area contributed by atoms with E-state index in [1.165, 1.54) is 49.4 Å². The number of furan rings is 1. The molecule has 0 N–H and O–H groups in total. The SMILES string of the molecule is CC1(C)c2ccccc2-c2ccc(N(c3ccc(-n4c5ccccc5c5ccccc54)cc3)c3ccccc3-c3cccc4c3oc3c5ccccc5ccc43)cc21. The van der Waals surface area contributed by atoms with Crippen LogP contribution in [0.4, 0.5) is 17.1 Å². The van der Waals surface area contributed by atoms with Crippen LogP contribution in [-0.4, -0.2) is 4.57 Å². The number of rotatable bonds is 5. The zero-order chi connectivity index (χ0) is 38.5. The molecule has 1 aliphatic carbocycles. The lowest BCUT2D eigenvalue weighted by atomic mass is 9.82. The minimum absolute atomic E-state index is 0.143. The molecule has 0 amide bonds. The average molecular weight is 743 g/mol. The second-order valence-electron chi connectivity index (χ2n) is 16.1. The highest BCUT2D eigenvalue weighted by Crippen LogP contribution is 2.52. The predicted molar refractivity (Wildman–Crippen MR) is 243 cm³/mol.